The van der Waals surface area contributed by atoms with Gasteiger partial charge in [0.05, 0.1) is 18.2 Å². The number of benzene rings is 1. The SMILES string of the molecule is CCCOc1c(Br)cc(CS)cc1OC. The molecule has 0 amide bonds. The molecular weight excluding hydrogens is 276 g/mol. The van der Waals surface area contributed by atoms with Gasteiger partial charge in [-0.05, 0) is 40.0 Å². The van der Waals surface area contributed by atoms with Crippen molar-refractivity contribution in [3.63, 3.8) is 0 Å². The van der Waals surface area contributed by atoms with E-state index in [1.807, 2.05) is 12.1 Å². The van der Waals surface area contributed by atoms with E-state index in [0.717, 1.165) is 28.0 Å². The Hall–Kier alpha value is -0.350. The number of halogens is 1. The average Bonchev–Trinajstić information content (AvgIpc) is 2.26. The highest BCUT2D eigenvalue weighted by atomic mass is 79.9. The number of rotatable bonds is 5. The fraction of sp³-hybridized carbons (Fsp3) is 0.455. The maximum absolute atomic E-state index is 5.61. The Balaban J connectivity index is 3.01. The number of hydrogen-bond donors (Lipinski definition) is 1. The van der Waals surface area contributed by atoms with Crippen LogP contribution in [0, 0.1) is 0 Å². The minimum absolute atomic E-state index is 0.684. The predicted octanol–water partition coefficient (Wildman–Crippen LogP) is 3.68. The molecule has 1 aromatic carbocycles. The van der Waals surface area contributed by atoms with Gasteiger partial charge in [-0.3, -0.25) is 0 Å². The van der Waals surface area contributed by atoms with Crippen molar-refractivity contribution in [1.82, 2.24) is 0 Å². The molecule has 0 aromatic heterocycles. The van der Waals surface area contributed by atoms with E-state index in [4.69, 9.17) is 9.47 Å². The van der Waals surface area contributed by atoms with Gasteiger partial charge < -0.3 is 9.47 Å². The highest BCUT2D eigenvalue weighted by molar-refractivity contribution is 9.10. The van der Waals surface area contributed by atoms with Crippen molar-refractivity contribution in [2.24, 2.45) is 0 Å². The van der Waals surface area contributed by atoms with Crippen LogP contribution in [-0.4, -0.2) is 13.7 Å². The predicted molar refractivity (Wildman–Crippen MR) is 69.2 cm³/mol. The van der Waals surface area contributed by atoms with Gasteiger partial charge in [0.25, 0.3) is 0 Å². The van der Waals surface area contributed by atoms with Gasteiger partial charge in [-0.2, -0.15) is 12.6 Å². The molecular formula is C11H15BrO2S. The Morgan fingerprint density at radius 2 is 2.13 bits per heavy atom. The number of thiol groups is 1. The molecule has 84 valence electrons. The summed E-state index contributed by atoms with van der Waals surface area (Å²) in [6, 6.07) is 3.95. The maximum atomic E-state index is 5.61. The quantitative estimate of drug-likeness (QED) is 0.834. The second kappa shape index (κ2) is 6.28. The summed E-state index contributed by atoms with van der Waals surface area (Å²) in [5.74, 6) is 2.20. The molecule has 0 heterocycles. The highest BCUT2D eigenvalue weighted by Gasteiger charge is 2.10. The Bertz CT molecular complexity index is 329. The lowest BCUT2D eigenvalue weighted by Crippen LogP contribution is -1.99. The van der Waals surface area contributed by atoms with Crippen molar-refractivity contribution in [3.05, 3.63) is 22.2 Å². The monoisotopic (exact) mass is 290 g/mol. The molecule has 0 bridgehead atoms. The van der Waals surface area contributed by atoms with E-state index >= 15 is 0 Å². The lowest BCUT2D eigenvalue weighted by molar-refractivity contribution is 0.292. The van der Waals surface area contributed by atoms with Gasteiger partial charge in [-0.1, -0.05) is 6.92 Å². The maximum Gasteiger partial charge on any atom is 0.175 e. The van der Waals surface area contributed by atoms with Gasteiger partial charge in [0.1, 0.15) is 0 Å². The summed E-state index contributed by atoms with van der Waals surface area (Å²) in [6.07, 6.45) is 0.976. The van der Waals surface area contributed by atoms with Crippen molar-refractivity contribution in [2.45, 2.75) is 19.1 Å². The smallest absolute Gasteiger partial charge is 0.175 e. The van der Waals surface area contributed by atoms with Crippen molar-refractivity contribution in [2.75, 3.05) is 13.7 Å². The van der Waals surface area contributed by atoms with Crippen molar-refractivity contribution < 1.29 is 9.47 Å². The Morgan fingerprint density at radius 3 is 2.67 bits per heavy atom. The van der Waals surface area contributed by atoms with E-state index < -0.39 is 0 Å². The average molecular weight is 291 g/mol. The molecule has 2 nitrogen and oxygen atoms in total. The molecule has 0 fully saturated rings. The van der Waals surface area contributed by atoms with Crippen LogP contribution < -0.4 is 9.47 Å². The molecule has 0 aliphatic heterocycles. The molecule has 0 spiro atoms. The van der Waals surface area contributed by atoms with Crippen LogP contribution in [0.1, 0.15) is 18.9 Å². The minimum atomic E-state index is 0.684. The lowest BCUT2D eigenvalue weighted by atomic mass is 10.2. The molecule has 0 saturated carbocycles. The van der Waals surface area contributed by atoms with Crippen LogP contribution in [0.2, 0.25) is 0 Å². The molecule has 1 rings (SSSR count). The fourth-order valence-corrected chi connectivity index (χ4v) is 2.00. The zero-order valence-corrected chi connectivity index (χ0v) is 11.4. The third kappa shape index (κ3) is 3.31. The molecule has 0 radical (unpaired) electrons. The van der Waals surface area contributed by atoms with E-state index in [1.54, 1.807) is 7.11 Å². The second-order valence-electron chi connectivity index (χ2n) is 3.12. The van der Waals surface area contributed by atoms with Crippen LogP contribution in [-0.2, 0) is 5.75 Å². The van der Waals surface area contributed by atoms with E-state index in [9.17, 15) is 0 Å². The largest absolute Gasteiger partial charge is 0.493 e. The highest BCUT2D eigenvalue weighted by Crippen LogP contribution is 2.37. The second-order valence-corrected chi connectivity index (χ2v) is 4.29. The third-order valence-corrected chi connectivity index (χ3v) is 2.88. The summed E-state index contributed by atoms with van der Waals surface area (Å²) in [7, 11) is 1.64. The van der Waals surface area contributed by atoms with Gasteiger partial charge >= 0.3 is 0 Å². The van der Waals surface area contributed by atoms with Gasteiger partial charge in [0, 0.05) is 5.75 Å². The third-order valence-electron chi connectivity index (χ3n) is 1.92. The summed E-state index contributed by atoms with van der Waals surface area (Å²) in [4.78, 5) is 0. The van der Waals surface area contributed by atoms with Crippen LogP contribution in [0.3, 0.4) is 0 Å². The topological polar surface area (TPSA) is 18.5 Å². The van der Waals surface area contributed by atoms with E-state index in [2.05, 4.69) is 35.5 Å². The first kappa shape index (κ1) is 12.7. The lowest BCUT2D eigenvalue weighted by Gasteiger charge is -2.13. The zero-order chi connectivity index (χ0) is 11.3. The molecule has 0 saturated heterocycles. The summed E-state index contributed by atoms with van der Waals surface area (Å²) < 4.78 is 11.8. The summed E-state index contributed by atoms with van der Waals surface area (Å²) in [5.41, 5.74) is 1.10. The Labute approximate surface area is 105 Å². The van der Waals surface area contributed by atoms with Crippen molar-refractivity contribution in [1.29, 1.82) is 0 Å². The Morgan fingerprint density at radius 1 is 1.40 bits per heavy atom. The van der Waals surface area contributed by atoms with Crippen LogP contribution in [0.4, 0.5) is 0 Å². The standard InChI is InChI=1S/C11H15BrO2S/c1-3-4-14-11-9(12)5-8(7-15)6-10(11)13-2/h5-6,15H,3-4,7H2,1-2H3. The summed E-state index contributed by atoms with van der Waals surface area (Å²) in [6.45, 7) is 2.76. The first-order valence-electron chi connectivity index (χ1n) is 4.83. The molecule has 0 atom stereocenters. The van der Waals surface area contributed by atoms with Gasteiger partial charge in [-0.15, -0.1) is 0 Å². The molecule has 15 heavy (non-hydrogen) atoms. The molecule has 4 heteroatoms. The van der Waals surface area contributed by atoms with Gasteiger partial charge in [0.2, 0.25) is 0 Å². The summed E-state index contributed by atoms with van der Waals surface area (Å²) in [5, 5.41) is 0. The Kier molecular flexibility index (Phi) is 5.32. The van der Waals surface area contributed by atoms with Crippen LogP contribution >= 0.6 is 28.6 Å². The van der Waals surface area contributed by atoms with Gasteiger partial charge in [0.15, 0.2) is 11.5 Å². The van der Waals surface area contributed by atoms with Crippen LogP contribution in [0.25, 0.3) is 0 Å². The van der Waals surface area contributed by atoms with E-state index in [-0.39, 0.29) is 0 Å². The van der Waals surface area contributed by atoms with E-state index in [0.29, 0.717) is 12.4 Å². The molecule has 0 aliphatic carbocycles. The fourth-order valence-electron chi connectivity index (χ4n) is 1.21. The molecule has 0 unspecified atom stereocenters. The van der Waals surface area contributed by atoms with E-state index in [1.165, 1.54) is 0 Å². The minimum Gasteiger partial charge on any atom is -0.493 e. The summed E-state index contributed by atoms with van der Waals surface area (Å²) >= 11 is 7.70. The molecule has 1 aromatic rings. The first-order valence-corrected chi connectivity index (χ1v) is 6.25. The van der Waals surface area contributed by atoms with Crippen LogP contribution in [0.5, 0.6) is 11.5 Å². The first-order chi connectivity index (χ1) is 7.22. The van der Waals surface area contributed by atoms with Gasteiger partial charge in [-0.25, -0.2) is 0 Å². The molecule has 0 N–H and O–H groups in total. The van der Waals surface area contributed by atoms with Crippen molar-refractivity contribution >= 4 is 28.6 Å². The number of ether oxygens (including phenoxy) is 2. The number of methoxy groups -OCH3 is 1. The molecule has 0 aliphatic rings. The van der Waals surface area contributed by atoms with Crippen LogP contribution in [0.15, 0.2) is 16.6 Å². The number of hydrogen-bond acceptors (Lipinski definition) is 3. The van der Waals surface area contributed by atoms with Crippen molar-refractivity contribution in [3.8, 4) is 11.5 Å². The normalized spacial score (nSPS) is 10.1. The zero-order valence-electron chi connectivity index (χ0n) is 8.92.